The largest absolute Gasteiger partial charge is 0.453 e. The van der Waals surface area contributed by atoms with Gasteiger partial charge in [0.15, 0.2) is 11.6 Å². The molecule has 170 valence electrons. The van der Waals surface area contributed by atoms with Crippen molar-refractivity contribution in [1.82, 2.24) is 15.3 Å². The third-order valence-corrected chi connectivity index (χ3v) is 6.09. The highest BCUT2D eigenvalue weighted by molar-refractivity contribution is 7.80. The molecule has 0 aliphatic rings. The Labute approximate surface area is 200 Å². The van der Waals surface area contributed by atoms with Gasteiger partial charge in [-0.15, -0.1) is 11.3 Å². The summed E-state index contributed by atoms with van der Waals surface area (Å²) in [5, 5.41) is 3.20. The van der Waals surface area contributed by atoms with Crippen LogP contribution in [0.5, 0.6) is 11.5 Å². The second-order valence-corrected chi connectivity index (χ2v) is 8.84. The molecule has 1 aromatic carbocycles. The van der Waals surface area contributed by atoms with Gasteiger partial charge in [-0.1, -0.05) is 24.4 Å². The van der Waals surface area contributed by atoms with E-state index in [2.05, 4.69) is 15.3 Å². The van der Waals surface area contributed by atoms with Gasteiger partial charge in [0.1, 0.15) is 5.75 Å². The molecule has 3 N–H and O–H groups in total. The average molecular weight is 483 g/mol. The van der Waals surface area contributed by atoms with Crippen LogP contribution in [0, 0.1) is 5.82 Å². The molecular formula is C24H23FN4O2S2. The topological polar surface area (TPSA) is 82.3 Å². The lowest BCUT2D eigenvalue weighted by Gasteiger charge is -2.09. The highest BCUT2D eigenvalue weighted by Gasteiger charge is 2.14. The zero-order valence-electron chi connectivity index (χ0n) is 18.0. The van der Waals surface area contributed by atoms with Crippen LogP contribution < -0.4 is 15.8 Å². The number of nitrogens with zero attached hydrogens (tertiary/aromatic N) is 2. The first kappa shape index (κ1) is 23.2. The number of fused-ring (bicyclic) bond motifs is 1. The number of thiocarbonyl (C=S) groups is 1. The van der Waals surface area contributed by atoms with Crippen LogP contribution in [0.1, 0.15) is 18.1 Å². The summed E-state index contributed by atoms with van der Waals surface area (Å²) in [6, 6.07) is 12.4. The van der Waals surface area contributed by atoms with Crippen LogP contribution in [-0.4, -0.2) is 28.3 Å². The fourth-order valence-corrected chi connectivity index (χ4v) is 4.43. The van der Waals surface area contributed by atoms with E-state index in [1.165, 1.54) is 17.4 Å². The van der Waals surface area contributed by atoms with E-state index in [4.69, 9.17) is 27.4 Å². The van der Waals surface area contributed by atoms with Crippen molar-refractivity contribution >= 4 is 38.8 Å². The van der Waals surface area contributed by atoms with Gasteiger partial charge < -0.3 is 15.2 Å². The van der Waals surface area contributed by atoms with Crippen LogP contribution in [0.4, 0.5) is 4.39 Å². The van der Waals surface area contributed by atoms with Gasteiger partial charge in [-0.3, -0.25) is 15.3 Å². The van der Waals surface area contributed by atoms with E-state index >= 15 is 0 Å². The molecule has 6 nitrogen and oxygen atoms in total. The van der Waals surface area contributed by atoms with Crippen molar-refractivity contribution in [3.05, 3.63) is 71.8 Å². The highest BCUT2D eigenvalue weighted by atomic mass is 32.1. The van der Waals surface area contributed by atoms with Gasteiger partial charge in [-0.05, 0) is 42.3 Å². The maximum atomic E-state index is 14.6. The molecule has 0 aliphatic carbocycles. The summed E-state index contributed by atoms with van der Waals surface area (Å²) in [5.41, 5.74) is 8.92. The molecule has 4 rings (SSSR count). The van der Waals surface area contributed by atoms with E-state index in [0.717, 1.165) is 26.4 Å². The second-order valence-electron chi connectivity index (χ2n) is 7.26. The summed E-state index contributed by atoms with van der Waals surface area (Å²) in [7, 11) is 0. The fraction of sp³-hybridized carbons (Fsp3) is 0.208. The molecule has 4 aromatic rings. The first-order valence-corrected chi connectivity index (χ1v) is 11.6. The van der Waals surface area contributed by atoms with Crippen LogP contribution >= 0.6 is 23.6 Å². The van der Waals surface area contributed by atoms with Crippen molar-refractivity contribution in [1.29, 1.82) is 0 Å². The monoisotopic (exact) mass is 482 g/mol. The Morgan fingerprint density at radius 1 is 1.12 bits per heavy atom. The van der Waals surface area contributed by atoms with E-state index in [0.29, 0.717) is 42.6 Å². The predicted molar refractivity (Wildman–Crippen MR) is 133 cm³/mol. The molecular weight excluding hydrogens is 459 g/mol. The summed E-state index contributed by atoms with van der Waals surface area (Å²) in [4.78, 5) is 10.3. The summed E-state index contributed by atoms with van der Waals surface area (Å²) < 4.78 is 26.6. The van der Waals surface area contributed by atoms with Gasteiger partial charge in [0.05, 0.1) is 32.5 Å². The molecule has 3 aromatic heterocycles. The zero-order chi connectivity index (χ0) is 23.2. The molecule has 0 atom stereocenters. The Balaban J connectivity index is 1.53. The number of ether oxygens (including phenoxy) is 2. The lowest BCUT2D eigenvalue weighted by atomic mass is 10.1. The first-order chi connectivity index (χ1) is 16.0. The summed E-state index contributed by atoms with van der Waals surface area (Å²) in [6.45, 7) is 3.82. The number of hydrogen-bond acceptors (Lipinski definition) is 7. The number of nitrogens with two attached hydrogens (primary N) is 1. The van der Waals surface area contributed by atoms with E-state index in [9.17, 15) is 4.39 Å². The Morgan fingerprint density at radius 2 is 1.97 bits per heavy atom. The summed E-state index contributed by atoms with van der Waals surface area (Å²) in [6.07, 6.45) is 3.83. The van der Waals surface area contributed by atoms with Crippen molar-refractivity contribution in [2.45, 2.75) is 19.9 Å². The van der Waals surface area contributed by atoms with Crippen molar-refractivity contribution in [2.24, 2.45) is 5.73 Å². The van der Waals surface area contributed by atoms with E-state index in [1.807, 2.05) is 31.3 Å². The number of halogens is 1. The number of rotatable bonds is 10. The van der Waals surface area contributed by atoms with Crippen LogP contribution in [0.15, 0.2) is 54.9 Å². The number of aromatic nitrogens is 2. The van der Waals surface area contributed by atoms with Crippen molar-refractivity contribution in [3.8, 4) is 22.1 Å². The van der Waals surface area contributed by atoms with Crippen molar-refractivity contribution < 1.29 is 13.9 Å². The Kier molecular flexibility index (Phi) is 7.56. The minimum atomic E-state index is -0.472. The minimum Gasteiger partial charge on any atom is -0.453 e. The lowest BCUT2D eigenvalue weighted by molar-refractivity contribution is 0.128. The number of hydrogen-bond donors (Lipinski definition) is 2. The number of thiophene rings is 1. The van der Waals surface area contributed by atoms with Crippen LogP contribution in [0.2, 0.25) is 0 Å². The molecule has 0 amide bonds. The minimum absolute atomic E-state index is 0.131. The molecule has 0 bridgehead atoms. The maximum absolute atomic E-state index is 14.6. The molecule has 0 unspecified atom stereocenters. The smallest absolute Gasteiger partial charge is 0.166 e. The molecule has 0 saturated heterocycles. The lowest BCUT2D eigenvalue weighted by Crippen LogP contribution is -2.17. The average Bonchev–Trinajstić information content (AvgIpc) is 3.24. The quantitative estimate of drug-likeness (QED) is 0.183. The number of nitrogens with one attached hydrogen (secondary N) is 1. The third kappa shape index (κ3) is 5.88. The van der Waals surface area contributed by atoms with E-state index in [1.54, 1.807) is 24.4 Å². The molecule has 9 heteroatoms. The van der Waals surface area contributed by atoms with E-state index in [-0.39, 0.29) is 5.75 Å². The standard InChI is InChI=1S/C24H23FN4O2S2/c1-2-30-14-27-12-16-3-5-18(29-13-16)22-11-19-24(33-22)21(7-8-28-19)31-20-6-4-15(9-17(20)25)10-23(26)32/h3-9,11,13,27H,2,10,12,14H2,1H3,(H2,26,32). The van der Waals surface area contributed by atoms with Gasteiger partial charge in [-0.25, -0.2) is 4.39 Å². The Morgan fingerprint density at radius 3 is 2.70 bits per heavy atom. The number of benzene rings is 1. The maximum Gasteiger partial charge on any atom is 0.166 e. The van der Waals surface area contributed by atoms with Crippen LogP contribution in [0.25, 0.3) is 20.8 Å². The normalized spacial score (nSPS) is 11.1. The van der Waals surface area contributed by atoms with Gasteiger partial charge in [0, 0.05) is 38.0 Å². The highest BCUT2D eigenvalue weighted by Crippen LogP contribution is 2.39. The van der Waals surface area contributed by atoms with E-state index < -0.39 is 5.82 Å². The first-order valence-electron chi connectivity index (χ1n) is 10.4. The molecule has 0 spiro atoms. The Hall–Kier alpha value is -2.98. The van der Waals surface area contributed by atoms with Crippen molar-refractivity contribution in [2.75, 3.05) is 13.3 Å². The molecule has 0 aliphatic heterocycles. The van der Waals surface area contributed by atoms with Gasteiger partial charge >= 0.3 is 0 Å². The predicted octanol–water partition coefficient (Wildman–Crippen LogP) is 5.20. The van der Waals surface area contributed by atoms with Gasteiger partial charge in [-0.2, -0.15) is 0 Å². The molecule has 33 heavy (non-hydrogen) atoms. The van der Waals surface area contributed by atoms with Crippen molar-refractivity contribution in [3.63, 3.8) is 0 Å². The SMILES string of the molecule is CCOCNCc1ccc(-c2cc3nccc(Oc4ccc(CC(N)=S)cc4F)c3s2)nc1. The number of pyridine rings is 2. The Bertz CT molecular complexity index is 1260. The second kappa shape index (κ2) is 10.8. The van der Waals surface area contributed by atoms with Gasteiger partial charge in [0.25, 0.3) is 0 Å². The molecule has 0 fully saturated rings. The summed E-state index contributed by atoms with van der Waals surface area (Å²) in [5.74, 6) is 0.195. The van der Waals surface area contributed by atoms with Crippen LogP contribution in [0.3, 0.4) is 0 Å². The molecule has 0 radical (unpaired) electrons. The third-order valence-electron chi connectivity index (χ3n) is 4.78. The fourth-order valence-electron chi connectivity index (χ4n) is 3.22. The van der Waals surface area contributed by atoms with Crippen LogP contribution in [-0.2, 0) is 17.7 Å². The zero-order valence-corrected chi connectivity index (χ0v) is 19.6. The molecule has 3 heterocycles. The molecule has 0 saturated carbocycles. The summed E-state index contributed by atoms with van der Waals surface area (Å²) >= 11 is 6.40. The van der Waals surface area contributed by atoms with Gasteiger partial charge in [0.2, 0.25) is 0 Å².